The van der Waals surface area contributed by atoms with Crippen molar-refractivity contribution in [3.63, 3.8) is 0 Å². The van der Waals surface area contributed by atoms with Crippen molar-refractivity contribution in [1.29, 1.82) is 0 Å². The lowest BCUT2D eigenvalue weighted by molar-refractivity contribution is 0.172. The summed E-state index contributed by atoms with van der Waals surface area (Å²) in [7, 11) is 1.89. The molecule has 0 aliphatic carbocycles. The van der Waals surface area contributed by atoms with Crippen LogP contribution in [0.1, 0.15) is 29.1 Å². The lowest BCUT2D eigenvalue weighted by Gasteiger charge is -2.36. The summed E-state index contributed by atoms with van der Waals surface area (Å²) in [5.41, 5.74) is 2.53. The number of benzene rings is 1. The van der Waals surface area contributed by atoms with E-state index in [1.165, 1.54) is 17.0 Å². The third-order valence-corrected chi connectivity index (χ3v) is 5.93. The third-order valence-electron chi connectivity index (χ3n) is 4.90. The number of rotatable bonds is 7. The molecule has 0 unspecified atom stereocenters. The van der Waals surface area contributed by atoms with Crippen LogP contribution in [0, 0.1) is 6.92 Å². The number of hydrogen-bond acceptors (Lipinski definition) is 4. The molecule has 2 heterocycles. The van der Waals surface area contributed by atoms with E-state index < -0.39 is 0 Å². The van der Waals surface area contributed by atoms with Crippen LogP contribution in [-0.4, -0.2) is 60.5 Å². The molecule has 0 atom stereocenters. The number of unbranched alkanes of at least 4 members (excludes halogenated alkanes) is 1. The minimum absolute atomic E-state index is 0.973. The quantitative estimate of drug-likeness (QED) is 0.452. The van der Waals surface area contributed by atoms with Crippen molar-refractivity contribution in [2.75, 3.05) is 39.8 Å². The van der Waals surface area contributed by atoms with E-state index in [0.29, 0.717) is 0 Å². The average Bonchev–Trinajstić information content (AvgIpc) is 3.11. The van der Waals surface area contributed by atoms with Crippen molar-refractivity contribution in [1.82, 2.24) is 20.1 Å². The second-order valence-corrected chi connectivity index (χ2v) is 8.01. The zero-order valence-electron chi connectivity index (χ0n) is 16.5. The SMILES string of the molecule is CN=C(NCCCCc1nc(C)cs1)N1CCN(Cc2ccccc2)CC1. The van der Waals surface area contributed by atoms with Gasteiger partial charge in [0, 0.05) is 57.4 Å². The monoisotopic (exact) mass is 385 g/mol. The van der Waals surface area contributed by atoms with Gasteiger partial charge in [0.1, 0.15) is 0 Å². The summed E-state index contributed by atoms with van der Waals surface area (Å²) < 4.78 is 0. The Bertz CT molecular complexity index is 704. The van der Waals surface area contributed by atoms with Gasteiger partial charge >= 0.3 is 0 Å². The van der Waals surface area contributed by atoms with E-state index in [2.05, 4.69) is 67.7 Å². The summed E-state index contributed by atoms with van der Waals surface area (Å²) in [5.74, 6) is 1.04. The fraction of sp³-hybridized carbons (Fsp3) is 0.524. The Morgan fingerprint density at radius 2 is 1.93 bits per heavy atom. The van der Waals surface area contributed by atoms with Gasteiger partial charge in [-0.05, 0) is 31.7 Å². The number of piperazine rings is 1. The van der Waals surface area contributed by atoms with Crippen LogP contribution in [0.15, 0.2) is 40.7 Å². The highest BCUT2D eigenvalue weighted by molar-refractivity contribution is 7.09. The number of thiazole rings is 1. The summed E-state index contributed by atoms with van der Waals surface area (Å²) in [6.07, 6.45) is 3.39. The van der Waals surface area contributed by atoms with E-state index in [1.807, 2.05) is 7.05 Å². The van der Waals surface area contributed by atoms with Crippen LogP contribution >= 0.6 is 11.3 Å². The maximum atomic E-state index is 4.53. The Balaban J connectivity index is 1.33. The minimum atomic E-state index is 0.973. The maximum absolute atomic E-state index is 4.53. The van der Waals surface area contributed by atoms with E-state index in [0.717, 1.165) is 63.8 Å². The second-order valence-electron chi connectivity index (χ2n) is 7.06. The third kappa shape index (κ3) is 6.33. The van der Waals surface area contributed by atoms with Gasteiger partial charge < -0.3 is 10.2 Å². The Hall–Kier alpha value is -1.92. The second kappa shape index (κ2) is 10.4. The van der Waals surface area contributed by atoms with Crippen molar-refractivity contribution in [3.05, 3.63) is 52.0 Å². The highest BCUT2D eigenvalue weighted by Gasteiger charge is 2.19. The molecule has 1 aliphatic heterocycles. The summed E-state index contributed by atoms with van der Waals surface area (Å²) >= 11 is 1.77. The van der Waals surface area contributed by atoms with Crippen molar-refractivity contribution >= 4 is 17.3 Å². The van der Waals surface area contributed by atoms with E-state index in [1.54, 1.807) is 11.3 Å². The molecule has 1 fully saturated rings. The van der Waals surface area contributed by atoms with Gasteiger partial charge in [0.05, 0.1) is 5.01 Å². The van der Waals surface area contributed by atoms with E-state index in [4.69, 9.17) is 0 Å². The largest absolute Gasteiger partial charge is 0.356 e. The molecule has 0 saturated carbocycles. The van der Waals surface area contributed by atoms with Crippen molar-refractivity contribution in [2.24, 2.45) is 4.99 Å². The number of nitrogens with zero attached hydrogens (tertiary/aromatic N) is 4. The summed E-state index contributed by atoms with van der Waals surface area (Å²) in [6.45, 7) is 8.30. The van der Waals surface area contributed by atoms with E-state index in [9.17, 15) is 0 Å². The summed E-state index contributed by atoms with van der Waals surface area (Å²) in [5, 5.41) is 6.92. The molecule has 6 heteroatoms. The fourth-order valence-corrected chi connectivity index (χ4v) is 4.23. The average molecular weight is 386 g/mol. The molecule has 0 radical (unpaired) electrons. The first-order valence-electron chi connectivity index (χ1n) is 9.87. The van der Waals surface area contributed by atoms with E-state index >= 15 is 0 Å². The van der Waals surface area contributed by atoms with Crippen LogP contribution < -0.4 is 5.32 Å². The van der Waals surface area contributed by atoms with Gasteiger partial charge in [-0.25, -0.2) is 4.98 Å². The lowest BCUT2D eigenvalue weighted by atomic mass is 10.2. The van der Waals surface area contributed by atoms with Crippen LogP contribution in [0.3, 0.4) is 0 Å². The van der Waals surface area contributed by atoms with Gasteiger partial charge in [0.25, 0.3) is 0 Å². The first kappa shape index (κ1) is 19.8. The predicted octanol–water partition coefficient (Wildman–Crippen LogP) is 3.17. The van der Waals surface area contributed by atoms with Crippen LogP contribution in [0.4, 0.5) is 0 Å². The number of aromatic nitrogens is 1. The molecule has 1 aromatic carbocycles. The molecule has 1 aromatic heterocycles. The van der Waals surface area contributed by atoms with Crippen LogP contribution in [-0.2, 0) is 13.0 Å². The predicted molar refractivity (Wildman–Crippen MR) is 114 cm³/mol. The molecule has 146 valence electrons. The van der Waals surface area contributed by atoms with Crippen molar-refractivity contribution in [2.45, 2.75) is 32.7 Å². The molecule has 0 spiro atoms. The molecule has 1 saturated heterocycles. The number of aryl methyl sites for hydroxylation is 2. The molecule has 0 amide bonds. The molecular weight excluding hydrogens is 354 g/mol. The molecule has 27 heavy (non-hydrogen) atoms. The molecular formula is C21H31N5S. The zero-order valence-corrected chi connectivity index (χ0v) is 17.3. The first-order chi connectivity index (χ1) is 13.2. The Morgan fingerprint density at radius 3 is 2.59 bits per heavy atom. The smallest absolute Gasteiger partial charge is 0.193 e. The Morgan fingerprint density at radius 1 is 1.15 bits per heavy atom. The normalized spacial score (nSPS) is 15.9. The fourth-order valence-electron chi connectivity index (χ4n) is 3.41. The van der Waals surface area contributed by atoms with Gasteiger partial charge in [-0.15, -0.1) is 11.3 Å². The maximum Gasteiger partial charge on any atom is 0.193 e. The van der Waals surface area contributed by atoms with Crippen LogP contribution in [0.2, 0.25) is 0 Å². The van der Waals surface area contributed by atoms with Gasteiger partial charge in [0.2, 0.25) is 0 Å². The summed E-state index contributed by atoms with van der Waals surface area (Å²) in [6, 6.07) is 10.7. The first-order valence-corrected chi connectivity index (χ1v) is 10.8. The number of guanidine groups is 1. The highest BCUT2D eigenvalue weighted by atomic mass is 32.1. The van der Waals surface area contributed by atoms with Gasteiger partial charge in [-0.1, -0.05) is 30.3 Å². The van der Waals surface area contributed by atoms with Crippen molar-refractivity contribution < 1.29 is 0 Å². The standard InChI is InChI=1S/C21H31N5S/c1-18-17-27-20(24-18)10-6-7-11-23-21(22-2)26-14-12-25(13-15-26)16-19-8-4-3-5-9-19/h3-5,8-9,17H,6-7,10-16H2,1-2H3,(H,22,23). The topological polar surface area (TPSA) is 43.8 Å². The molecule has 1 N–H and O–H groups in total. The van der Waals surface area contributed by atoms with E-state index in [-0.39, 0.29) is 0 Å². The van der Waals surface area contributed by atoms with Crippen LogP contribution in [0.5, 0.6) is 0 Å². The molecule has 0 bridgehead atoms. The summed E-state index contributed by atoms with van der Waals surface area (Å²) in [4.78, 5) is 13.9. The van der Waals surface area contributed by atoms with Gasteiger partial charge in [-0.3, -0.25) is 9.89 Å². The Labute approximate surface area is 167 Å². The molecule has 3 rings (SSSR count). The zero-order chi connectivity index (χ0) is 18.9. The number of hydrogen-bond donors (Lipinski definition) is 1. The minimum Gasteiger partial charge on any atom is -0.356 e. The Kier molecular flexibility index (Phi) is 7.66. The van der Waals surface area contributed by atoms with Crippen LogP contribution in [0.25, 0.3) is 0 Å². The number of aliphatic imine (C=N–C) groups is 1. The lowest BCUT2D eigenvalue weighted by Crippen LogP contribution is -2.52. The van der Waals surface area contributed by atoms with Gasteiger partial charge in [-0.2, -0.15) is 0 Å². The van der Waals surface area contributed by atoms with Crippen molar-refractivity contribution in [3.8, 4) is 0 Å². The number of nitrogens with one attached hydrogen (secondary N) is 1. The molecule has 5 nitrogen and oxygen atoms in total. The molecule has 1 aliphatic rings. The highest BCUT2D eigenvalue weighted by Crippen LogP contribution is 2.12. The molecule has 2 aromatic rings. The van der Waals surface area contributed by atoms with Gasteiger partial charge in [0.15, 0.2) is 5.96 Å².